The van der Waals surface area contributed by atoms with Crippen molar-refractivity contribution in [2.45, 2.75) is 105 Å². The second-order valence-electron chi connectivity index (χ2n) is 14.7. The normalized spacial score (nSPS) is 54.1. The maximum absolute atomic E-state index is 11.7. The largest absolute Gasteiger partial charge is 0.396 e. The van der Waals surface area contributed by atoms with Crippen LogP contribution in [0.15, 0.2) is 23.3 Å². The molecule has 0 aliphatic heterocycles. The summed E-state index contributed by atoms with van der Waals surface area (Å²) in [4.78, 5) is 0. The first-order chi connectivity index (χ1) is 15.7. The Morgan fingerprint density at radius 1 is 0.853 bits per heavy atom. The summed E-state index contributed by atoms with van der Waals surface area (Å²) in [6.07, 6.45) is 11.1. The minimum absolute atomic E-state index is 0.00171. The summed E-state index contributed by atoms with van der Waals surface area (Å²) < 4.78 is 0. The highest BCUT2D eigenvalue weighted by Crippen LogP contribution is 2.74. The van der Waals surface area contributed by atoms with Crippen LogP contribution in [-0.2, 0) is 0 Å². The van der Waals surface area contributed by atoms with Crippen LogP contribution in [0, 0.1) is 44.3 Å². The predicted molar refractivity (Wildman–Crippen MR) is 135 cm³/mol. The fourth-order valence-electron chi connectivity index (χ4n) is 10.1. The van der Waals surface area contributed by atoms with E-state index in [1.807, 2.05) is 0 Å². The van der Waals surface area contributed by atoms with Gasteiger partial charge in [0.25, 0.3) is 0 Å². The molecule has 0 saturated heterocycles. The van der Waals surface area contributed by atoms with Crippen molar-refractivity contribution in [1.29, 1.82) is 0 Å². The van der Waals surface area contributed by atoms with E-state index < -0.39 is 23.0 Å². The summed E-state index contributed by atoms with van der Waals surface area (Å²) in [5.41, 5.74) is 1.75. The van der Waals surface area contributed by atoms with Crippen molar-refractivity contribution in [2.75, 3.05) is 13.2 Å². The fourth-order valence-corrected chi connectivity index (χ4v) is 10.1. The van der Waals surface area contributed by atoms with Crippen molar-refractivity contribution in [3.8, 4) is 0 Å². The van der Waals surface area contributed by atoms with Gasteiger partial charge in [0.1, 0.15) is 0 Å². The molecule has 4 N–H and O–H groups in total. The molecular formula is C30H48O4. The maximum atomic E-state index is 11.7. The van der Waals surface area contributed by atoms with E-state index >= 15 is 0 Å². The Bertz CT molecular complexity index is 921. The predicted octanol–water partition coefficient (Wildman–Crippen LogP) is 5.00. The molecule has 0 amide bonds. The first kappa shape index (κ1) is 25.0. The van der Waals surface area contributed by atoms with Gasteiger partial charge in [-0.1, -0.05) is 59.3 Å². The molecule has 0 radical (unpaired) electrons. The van der Waals surface area contributed by atoms with Crippen LogP contribution >= 0.6 is 0 Å². The smallest absolute Gasteiger partial charge is 0.0664 e. The first-order valence-corrected chi connectivity index (χ1v) is 13.7. The molecule has 4 nitrogen and oxygen atoms in total. The Morgan fingerprint density at radius 2 is 1.56 bits per heavy atom. The summed E-state index contributed by atoms with van der Waals surface area (Å²) in [5, 5.41) is 43.6. The highest BCUT2D eigenvalue weighted by atomic mass is 16.3. The zero-order valence-electron chi connectivity index (χ0n) is 22.3. The molecule has 3 fully saturated rings. The average Bonchev–Trinajstić information content (AvgIpc) is 2.77. The molecule has 5 rings (SSSR count). The van der Waals surface area contributed by atoms with E-state index in [1.165, 1.54) is 11.1 Å². The third-order valence-electron chi connectivity index (χ3n) is 12.7. The summed E-state index contributed by atoms with van der Waals surface area (Å²) in [7, 11) is 0. The molecular weight excluding hydrogens is 424 g/mol. The van der Waals surface area contributed by atoms with E-state index in [-0.39, 0.29) is 40.8 Å². The van der Waals surface area contributed by atoms with E-state index in [0.717, 1.165) is 44.9 Å². The average molecular weight is 473 g/mol. The van der Waals surface area contributed by atoms with Crippen molar-refractivity contribution in [3.05, 3.63) is 23.3 Å². The van der Waals surface area contributed by atoms with E-state index in [9.17, 15) is 20.4 Å². The second kappa shape index (κ2) is 7.43. The zero-order valence-corrected chi connectivity index (χ0v) is 22.3. The van der Waals surface area contributed by atoms with Crippen LogP contribution in [0.3, 0.4) is 0 Å². The lowest BCUT2D eigenvalue weighted by Crippen LogP contribution is -2.65. The lowest BCUT2D eigenvalue weighted by molar-refractivity contribution is -0.203. The second-order valence-corrected chi connectivity index (χ2v) is 14.7. The summed E-state index contributed by atoms with van der Waals surface area (Å²) in [6, 6.07) is 0. The van der Waals surface area contributed by atoms with Gasteiger partial charge < -0.3 is 20.4 Å². The van der Waals surface area contributed by atoms with Crippen molar-refractivity contribution in [2.24, 2.45) is 44.3 Å². The van der Waals surface area contributed by atoms with E-state index in [0.29, 0.717) is 12.3 Å². The highest BCUT2D eigenvalue weighted by molar-refractivity contribution is 5.47. The number of aliphatic hydroxyl groups excluding tert-OH is 4. The van der Waals surface area contributed by atoms with E-state index in [2.05, 4.69) is 53.7 Å². The minimum Gasteiger partial charge on any atom is -0.396 e. The van der Waals surface area contributed by atoms with Gasteiger partial charge in [-0.15, -0.1) is 0 Å². The SMILES string of the molecule is CC1(C)CC[C@]2(CO)C(=C3C=C[C@H]4[C@@]5(C)CCC(O)[C@@](C)(CO)[C@@H]5CC[C@]4(C)[C@@]3(C)CC2O)C1. The van der Waals surface area contributed by atoms with Crippen LogP contribution in [0.4, 0.5) is 0 Å². The van der Waals surface area contributed by atoms with Gasteiger partial charge in [-0.25, -0.2) is 0 Å². The van der Waals surface area contributed by atoms with Gasteiger partial charge >= 0.3 is 0 Å². The van der Waals surface area contributed by atoms with Crippen molar-refractivity contribution in [1.82, 2.24) is 0 Å². The standard InChI is InChI=1S/C30H48O4/c1-25(2)13-14-30(18-32)20(15-25)19-7-8-22-26(3)11-10-23(33)27(4,17-31)21(26)9-12-28(22,5)29(19,6)16-24(30)34/h7-8,21-24,31-34H,9-18H2,1-6H3/t21-,22+,23?,24?,26+,27+,28+,29+,30+/m1/s1. The lowest BCUT2D eigenvalue weighted by Gasteiger charge is -2.70. The Morgan fingerprint density at radius 3 is 2.21 bits per heavy atom. The Hall–Kier alpha value is -0.680. The zero-order chi connectivity index (χ0) is 24.9. The number of hydrogen-bond donors (Lipinski definition) is 4. The summed E-state index contributed by atoms with van der Waals surface area (Å²) >= 11 is 0. The van der Waals surface area contributed by atoms with Gasteiger partial charge in [0.15, 0.2) is 0 Å². The monoisotopic (exact) mass is 472 g/mol. The van der Waals surface area contributed by atoms with Gasteiger partial charge in [0, 0.05) is 16.2 Å². The molecule has 9 atom stereocenters. The van der Waals surface area contributed by atoms with Crippen molar-refractivity contribution in [3.63, 3.8) is 0 Å². The van der Waals surface area contributed by atoms with Crippen molar-refractivity contribution < 1.29 is 20.4 Å². The van der Waals surface area contributed by atoms with Crippen LogP contribution in [-0.4, -0.2) is 45.8 Å². The van der Waals surface area contributed by atoms with Crippen LogP contribution < -0.4 is 0 Å². The number of allylic oxidation sites excluding steroid dienone is 3. The highest BCUT2D eigenvalue weighted by Gasteiger charge is 2.68. The molecule has 3 saturated carbocycles. The molecule has 5 aliphatic rings. The molecule has 0 aromatic heterocycles. The molecule has 4 heteroatoms. The van der Waals surface area contributed by atoms with Gasteiger partial charge in [-0.2, -0.15) is 0 Å². The number of aliphatic hydroxyl groups is 4. The fraction of sp³-hybridized carbons (Fsp3) is 0.867. The Kier molecular flexibility index (Phi) is 5.46. The third-order valence-corrected chi connectivity index (χ3v) is 12.7. The number of rotatable bonds is 2. The molecule has 5 aliphatic carbocycles. The molecule has 0 bridgehead atoms. The van der Waals surface area contributed by atoms with Crippen LogP contribution in [0.5, 0.6) is 0 Å². The lowest BCUT2D eigenvalue weighted by atomic mass is 9.35. The van der Waals surface area contributed by atoms with Crippen LogP contribution in [0.2, 0.25) is 0 Å². The van der Waals surface area contributed by atoms with Crippen LogP contribution in [0.25, 0.3) is 0 Å². The van der Waals surface area contributed by atoms with E-state index in [4.69, 9.17) is 0 Å². The Labute approximate surface area is 206 Å². The van der Waals surface area contributed by atoms with Crippen molar-refractivity contribution >= 4 is 0 Å². The van der Waals surface area contributed by atoms with Gasteiger partial charge in [0.05, 0.1) is 25.4 Å². The number of fused-ring (bicyclic) bond motifs is 6. The first-order valence-electron chi connectivity index (χ1n) is 13.7. The molecule has 34 heavy (non-hydrogen) atoms. The Balaban J connectivity index is 1.68. The molecule has 2 unspecified atom stereocenters. The number of hydrogen-bond acceptors (Lipinski definition) is 4. The molecule has 192 valence electrons. The summed E-state index contributed by atoms with van der Waals surface area (Å²) in [5.74, 6) is 0.602. The van der Waals surface area contributed by atoms with Gasteiger partial charge in [-0.3, -0.25) is 0 Å². The molecule has 0 spiro atoms. The topological polar surface area (TPSA) is 80.9 Å². The molecule has 0 aromatic carbocycles. The minimum atomic E-state index is -0.525. The van der Waals surface area contributed by atoms with Gasteiger partial charge in [-0.05, 0) is 85.0 Å². The van der Waals surface area contributed by atoms with E-state index in [1.54, 1.807) is 0 Å². The van der Waals surface area contributed by atoms with Gasteiger partial charge in [0.2, 0.25) is 0 Å². The third kappa shape index (κ3) is 2.86. The summed E-state index contributed by atoms with van der Waals surface area (Å²) in [6.45, 7) is 14.1. The maximum Gasteiger partial charge on any atom is 0.0664 e. The van der Waals surface area contributed by atoms with Crippen LogP contribution in [0.1, 0.15) is 92.9 Å². The quantitative estimate of drug-likeness (QED) is 0.456. The molecule has 0 heterocycles. The molecule has 0 aromatic rings.